The molecule has 0 fully saturated rings. The lowest BCUT2D eigenvalue weighted by Gasteiger charge is -2.15. The molecule has 0 saturated carbocycles. The second-order valence-electron chi connectivity index (χ2n) is 6.45. The lowest BCUT2D eigenvalue weighted by Crippen LogP contribution is -2.25. The zero-order valence-electron chi connectivity index (χ0n) is 16.1. The fraction of sp³-hybridized carbons (Fsp3) is 0.300. The first-order valence-electron chi connectivity index (χ1n) is 9.21. The van der Waals surface area contributed by atoms with Crippen LogP contribution in [0.15, 0.2) is 23.2 Å². The number of hydrogen-bond donors (Lipinski definition) is 4. The van der Waals surface area contributed by atoms with Crippen molar-refractivity contribution in [2.45, 2.75) is 13.8 Å². The van der Waals surface area contributed by atoms with E-state index >= 15 is 0 Å². The van der Waals surface area contributed by atoms with Gasteiger partial charge in [-0.1, -0.05) is 13.8 Å². The first kappa shape index (κ1) is 20.3. The molecule has 29 heavy (non-hydrogen) atoms. The molecule has 9 heteroatoms. The van der Waals surface area contributed by atoms with Gasteiger partial charge in [-0.3, -0.25) is 4.99 Å². The molecule has 3 rings (SSSR count). The van der Waals surface area contributed by atoms with Crippen LogP contribution < -0.4 is 0 Å². The maximum absolute atomic E-state index is 11.5. The Hall–Kier alpha value is -3.46. The number of carboxylic acid groups (broad SMARTS) is 1. The predicted molar refractivity (Wildman–Crippen MR) is 109 cm³/mol. The number of phenolic OH excluding ortho intramolecular Hbond substituents is 3. The van der Waals surface area contributed by atoms with Crippen molar-refractivity contribution in [3.05, 3.63) is 29.3 Å². The number of hydrogen-bond acceptors (Lipinski definition) is 8. The maximum atomic E-state index is 11.5. The van der Waals surface area contributed by atoms with Crippen molar-refractivity contribution in [1.29, 1.82) is 0 Å². The Kier molecular flexibility index (Phi) is 5.79. The topological polar surface area (TPSA) is 139 Å². The summed E-state index contributed by atoms with van der Waals surface area (Å²) in [7, 11) is 0. The summed E-state index contributed by atoms with van der Waals surface area (Å²) in [5, 5.41) is 40.0. The summed E-state index contributed by atoms with van der Waals surface area (Å²) in [5.74, 6) is -2.09. The van der Waals surface area contributed by atoms with Crippen molar-refractivity contribution >= 4 is 34.3 Å². The van der Waals surface area contributed by atoms with Gasteiger partial charge in [0.1, 0.15) is 39.3 Å². The Bertz CT molecular complexity index is 1110. The highest BCUT2D eigenvalue weighted by Crippen LogP contribution is 2.35. The van der Waals surface area contributed by atoms with E-state index in [0.29, 0.717) is 6.54 Å². The van der Waals surface area contributed by atoms with Crippen molar-refractivity contribution in [3.63, 3.8) is 0 Å². The molecule has 4 N–H and O–H groups in total. The summed E-state index contributed by atoms with van der Waals surface area (Å²) < 4.78 is 0. The maximum Gasteiger partial charge on any atom is 0.337 e. The second-order valence-corrected chi connectivity index (χ2v) is 6.45. The highest BCUT2D eigenvalue weighted by Gasteiger charge is 2.19. The normalized spacial score (nSPS) is 11.8. The van der Waals surface area contributed by atoms with Gasteiger partial charge in [0, 0.05) is 18.8 Å². The van der Waals surface area contributed by atoms with Gasteiger partial charge in [0.2, 0.25) is 0 Å². The van der Waals surface area contributed by atoms with Gasteiger partial charge in [-0.05, 0) is 25.2 Å². The summed E-state index contributed by atoms with van der Waals surface area (Å²) >= 11 is 0. The molecule has 3 aromatic rings. The van der Waals surface area contributed by atoms with Crippen LogP contribution in [0.25, 0.3) is 22.1 Å². The van der Waals surface area contributed by atoms with E-state index in [2.05, 4.69) is 33.7 Å². The van der Waals surface area contributed by atoms with Crippen LogP contribution >= 0.6 is 0 Å². The van der Waals surface area contributed by atoms with Crippen LogP contribution in [-0.4, -0.2) is 73.7 Å². The van der Waals surface area contributed by atoms with Crippen molar-refractivity contribution in [2.75, 3.05) is 26.2 Å². The van der Waals surface area contributed by atoms with E-state index in [9.17, 15) is 25.2 Å². The van der Waals surface area contributed by atoms with Gasteiger partial charge in [0.05, 0.1) is 17.7 Å². The third kappa shape index (κ3) is 3.90. The van der Waals surface area contributed by atoms with E-state index in [4.69, 9.17) is 0 Å². The van der Waals surface area contributed by atoms with Crippen LogP contribution in [0.3, 0.4) is 0 Å². The molecule has 0 aliphatic carbocycles. The van der Waals surface area contributed by atoms with Gasteiger partial charge in [-0.25, -0.2) is 14.8 Å². The Morgan fingerprint density at radius 3 is 2.31 bits per heavy atom. The lowest BCUT2D eigenvalue weighted by molar-refractivity contribution is 0.0699. The van der Waals surface area contributed by atoms with E-state index in [1.165, 1.54) is 18.3 Å². The van der Waals surface area contributed by atoms with E-state index in [1.54, 1.807) is 0 Å². The molecule has 0 saturated heterocycles. The minimum Gasteiger partial charge on any atom is -0.507 e. The molecule has 0 bridgehead atoms. The highest BCUT2D eigenvalue weighted by molar-refractivity contribution is 6.08. The number of aliphatic imine (C=N–C) groups is 1. The minimum absolute atomic E-state index is 0.00796. The van der Waals surface area contributed by atoms with Gasteiger partial charge in [0.15, 0.2) is 0 Å². The lowest BCUT2D eigenvalue weighted by atomic mass is 10.1. The molecule has 0 atom stereocenters. The average molecular weight is 398 g/mol. The number of nitrogens with zero attached hydrogens (tertiary/aromatic N) is 4. The fourth-order valence-electron chi connectivity index (χ4n) is 3.08. The van der Waals surface area contributed by atoms with E-state index < -0.39 is 5.97 Å². The van der Waals surface area contributed by atoms with Gasteiger partial charge in [-0.15, -0.1) is 0 Å². The van der Waals surface area contributed by atoms with Gasteiger partial charge in [-0.2, -0.15) is 0 Å². The zero-order chi connectivity index (χ0) is 21.1. The number of benzene rings is 2. The molecular weight excluding hydrogens is 376 g/mol. The van der Waals surface area contributed by atoms with Gasteiger partial charge >= 0.3 is 5.97 Å². The molecule has 152 valence electrons. The van der Waals surface area contributed by atoms with Crippen LogP contribution in [0.2, 0.25) is 0 Å². The van der Waals surface area contributed by atoms with Crippen molar-refractivity contribution in [1.82, 2.24) is 14.9 Å². The van der Waals surface area contributed by atoms with E-state index in [-0.39, 0.29) is 50.4 Å². The van der Waals surface area contributed by atoms with Crippen LogP contribution in [0, 0.1) is 0 Å². The molecule has 0 spiro atoms. The molecule has 0 amide bonds. The molecule has 0 radical (unpaired) electrons. The Labute approximate surface area is 166 Å². The summed E-state index contributed by atoms with van der Waals surface area (Å²) in [6, 6.07) is 3.54. The standard InChI is InChI=1S/C20H22N4O5/c1-3-24(4-2)8-7-21-10-12-14(26)9-15(27)19-17(12)23-18-13(25)6-5-11(20(28)29)16(18)22-19/h5-6,9-10,25-27H,3-4,7-8H2,1-2H3,(H,28,29)/b21-10+. The smallest absolute Gasteiger partial charge is 0.337 e. The molecule has 0 unspecified atom stereocenters. The molecule has 0 aliphatic rings. The number of likely N-dealkylation sites (N-methyl/N-ethyl adjacent to an activating group) is 1. The summed E-state index contributed by atoms with van der Waals surface area (Å²) in [6.07, 6.45) is 1.44. The Morgan fingerprint density at radius 2 is 1.66 bits per heavy atom. The van der Waals surface area contributed by atoms with Gasteiger partial charge in [0.25, 0.3) is 0 Å². The summed E-state index contributed by atoms with van der Waals surface area (Å²) in [4.78, 5) is 26.5. The number of aromatic carboxylic acids is 1. The number of fused-ring (bicyclic) bond motifs is 2. The summed E-state index contributed by atoms with van der Waals surface area (Å²) in [6.45, 7) is 7.18. The van der Waals surface area contributed by atoms with Crippen LogP contribution in [0.1, 0.15) is 29.8 Å². The second kappa shape index (κ2) is 8.27. The molecule has 1 heterocycles. The number of rotatable bonds is 7. The SMILES string of the molecule is CCN(CC)CC/N=C/c1c(O)cc(O)c2nc3c(C(=O)O)ccc(O)c3nc12. The number of carbonyl (C=O) groups is 1. The summed E-state index contributed by atoms with van der Waals surface area (Å²) in [5.41, 5.74) is 0.0876. The zero-order valence-corrected chi connectivity index (χ0v) is 16.1. The first-order chi connectivity index (χ1) is 13.9. The highest BCUT2D eigenvalue weighted by atomic mass is 16.4. The predicted octanol–water partition coefficient (Wildman–Crippen LogP) is 2.36. The number of aromatic hydroxyl groups is 3. The Morgan fingerprint density at radius 1 is 1.00 bits per heavy atom. The number of carboxylic acids is 1. The number of aromatic nitrogens is 2. The monoisotopic (exact) mass is 398 g/mol. The average Bonchev–Trinajstić information content (AvgIpc) is 2.69. The van der Waals surface area contributed by atoms with Crippen LogP contribution in [-0.2, 0) is 0 Å². The Balaban J connectivity index is 2.15. The van der Waals surface area contributed by atoms with Crippen LogP contribution in [0.5, 0.6) is 17.2 Å². The van der Waals surface area contributed by atoms with Crippen molar-refractivity contribution < 1.29 is 25.2 Å². The van der Waals surface area contributed by atoms with Crippen molar-refractivity contribution in [3.8, 4) is 17.2 Å². The molecule has 0 aliphatic heterocycles. The fourth-order valence-corrected chi connectivity index (χ4v) is 3.08. The number of phenols is 3. The van der Waals surface area contributed by atoms with Crippen LogP contribution in [0.4, 0.5) is 0 Å². The molecule has 1 aromatic heterocycles. The third-order valence-electron chi connectivity index (χ3n) is 4.74. The quantitative estimate of drug-likeness (QED) is 0.351. The molecular formula is C20H22N4O5. The van der Waals surface area contributed by atoms with E-state index in [1.807, 2.05) is 0 Å². The van der Waals surface area contributed by atoms with Gasteiger partial charge < -0.3 is 25.3 Å². The minimum atomic E-state index is -1.24. The largest absolute Gasteiger partial charge is 0.507 e. The molecule has 2 aromatic carbocycles. The molecule has 9 nitrogen and oxygen atoms in total. The first-order valence-corrected chi connectivity index (χ1v) is 9.21. The van der Waals surface area contributed by atoms with E-state index in [0.717, 1.165) is 25.7 Å². The van der Waals surface area contributed by atoms with Crippen molar-refractivity contribution in [2.24, 2.45) is 4.99 Å². The third-order valence-corrected chi connectivity index (χ3v) is 4.74.